The lowest BCUT2D eigenvalue weighted by Gasteiger charge is -2.15. The topological polar surface area (TPSA) is 62.3 Å². The molecule has 1 N–H and O–H groups in total. The SMILES string of the molecule is O=C(CSc1ccncc1)Nc1cccc(C(=O)N2CCCC2)c1. The summed E-state index contributed by atoms with van der Waals surface area (Å²) >= 11 is 1.45. The number of carbonyl (C=O) groups is 2. The van der Waals surface area contributed by atoms with E-state index in [0.29, 0.717) is 17.0 Å². The third-order valence-electron chi connectivity index (χ3n) is 3.81. The van der Waals surface area contributed by atoms with Crippen molar-refractivity contribution in [2.75, 3.05) is 24.2 Å². The molecule has 1 aromatic heterocycles. The Morgan fingerprint density at radius 3 is 2.62 bits per heavy atom. The highest BCUT2D eigenvalue weighted by Crippen LogP contribution is 2.18. The van der Waals surface area contributed by atoms with Crippen LogP contribution in [0.4, 0.5) is 5.69 Å². The Balaban J connectivity index is 1.57. The van der Waals surface area contributed by atoms with Crippen LogP contribution in [0, 0.1) is 0 Å². The average Bonchev–Trinajstić information content (AvgIpc) is 3.15. The molecular weight excluding hydrogens is 322 g/mol. The zero-order valence-corrected chi connectivity index (χ0v) is 14.1. The number of nitrogens with zero attached hydrogens (tertiary/aromatic N) is 2. The minimum atomic E-state index is -0.0948. The van der Waals surface area contributed by atoms with E-state index in [1.807, 2.05) is 17.0 Å². The molecule has 2 heterocycles. The monoisotopic (exact) mass is 341 g/mol. The number of pyridine rings is 1. The Kier molecular flexibility index (Phi) is 5.48. The molecule has 0 spiro atoms. The number of benzene rings is 1. The minimum absolute atomic E-state index is 0.0368. The molecule has 0 saturated carbocycles. The van der Waals surface area contributed by atoms with E-state index in [0.717, 1.165) is 30.8 Å². The summed E-state index contributed by atoms with van der Waals surface area (Å²) in [6, 6.07) is 10.9. The Morgan fingerprint density at radius 2 is 1.88 bits per heavy atom. The number of carbonyl (C=O) groups excluding carboxylic acids is 2. The molecule has 0 bridgehead atoms. The summed E-state index contributed by atoms with van der Waals surface area (Å²) in [7, 11) is 0. The quantitative estimate of drug-likeness (QED) is 0.849. The van der Waals surface area contributed by atoms with Crippen molar-refractivity contribution >= 4 is 29.3 Å². The molecule has 1 aromatic carbocycles. The fraction of sp³-hybridized carbons (Fsp3) is 0.278. The lowest BCUT2D eigenvalue weighted by Crippen LogP contribution is -2.27. The van der Waals surface area contributed by atoms with Crippen LogP contribution in [-0.4, -0.2) is 40.5 Å². The van der Waals surface area contributed by atoms with Gasteiger partial charge in [0.05, 0.1) is 5.75 Å². The first kappa shape index (κ1) is 16.5. The first-order chi connectivity index (χ1) is 11.7. The van der Waals surface area contributed by atoms with Gasteiger partial charge in [-0.1, -0.05) is 6.07 Å². The van der Waals surface area contributed by atoms with Crippen molar-refractivity contribution in [1.29, 1.82) is 0 Å². The molecule has 0 radical (unpaired) electrons. The summed E-state index contributed by atoms with van der Waals surface area (Å²) in [4.78, 5) is 31.3. The van der Waals surface area contributed by atoms with E-state index in [9.17, 15) is 9.59 Å². The van der Waals surface area contributed by atoms with E-state index >= 15 is 0 Å². The summed E-state index contributed by atoms with van der Waals surface area (Å²) in [5.41, 5.74) is 1.27. The highest BCUT2D eigenvalue weighted by Gasteiger charge is 2.19. The van der Waals surface area contributed by atoms with Gasteiger partial charge < -0.3 is 10.2 Å². The normalized spacial score (nSPS) is 13.8. The van der Waals surface area contributed by atoms with Gasteiger partial charge in [-0.15, -0.1) is 11.8 Å². The van der Waals surface area contributed by atoms with Gasteiger partial charge in [-0.05, 0) is 43.2 Å². The van der Waals surface area contributed by atoms with Gasteiger partial charge in [-0.25, -0.2) is 0 Å². The Labute approximate surface area is 145 Å². The number of anilines is 1. The number of likely N-dealkylation sites (tertiary alicyclic amines) is 1. The molecule has 0 unspecified atom stereocenters. The van der Waals surface area contributed by atoms with Crippen LogP contribution in [0.1, 0.15) is 23.2 Å². The number of hydrogen-bond donors (Lipinski definition) is 1. The second-order valence-electron chi connectivity index (χ2n) is 5.60. The molecule has 24 heavy (non-hydrogen) atoms. The van der Waals surface area contributed by atoms with Crippen molar-refractivity contribution in [3.63, 3.8) is 0 Å². The molecule has 0 atom stereocenters. The van der Waals surface area contributed by atoms with Crippen LogP contribution in [0.5, 0.6) is 0 Å². The van der Waals surface area contributed by atoms with Gasteiger partial charge >= 0.3 is 0 Å². The Morgan fingerprint density at radius 1 is 1.12 bits per heavy atom. The molecule has 6 heteroatoms. The minimum Gasteiger partial charge on any atom is -0.339 e. The summed E-state index contributed by atoms with van der Waals surface area (Å²) in [6.07, 6.45) is 5.53. The lowest BCUT2D eigenvalue weighted by atomic mass is 10.1. The number of thioether (sulfide) groups is 1. The van der Waals surface area contributed by atoms with E-state index in [1.165, 1.54) is 11.8 Å². The molecule has 1 aliphatic heterocycles. The maximum absolute atomic E-state index is 12.4. The van der Waals surface area contributed by atoms with E-state index in [4.69, 9.17) is 0 Å². The van der Waals surface area contributed by atoms with Crippen molar-refractivity contribution in [2.45, 2.75) is 17.7 Å². The van der Waals surface area contributed by atoms with Gasteiger partial charge in [0.1, 0.15) is 0 Å². The first-order valence-electron chi connectivity index (χ1n) is 7.94. The van der Waals surface area contributed by atoms with Crippen LogP contribution in [0.15, 0.2) is 53.7 Å². The highest BCUT2D eigenvalue weighted by molar-refractivity contribution is 8.00. The van der Waals surface area contributed by atoms with Crippen molar-refractivity contribution in [3.8, 4) is 0 Å². The van der Waals surface area contributed by atoms with E-state index in [1.54, 1.807) is 36.7 Å². The molecule has 3 rings (SSSR count). The fourth-order valence-corrected chi connectivity index (χ4v) is 3.30. The maximum Gasteiger partial charge on any atom is 0.253 e. The Bertz CT molecular complexity index is 715. The number of amides is 2. The van der Waals surface area contributed by atoms with E-state index in [2.05, 4.69) is 10.3 Å². The summed E-state index contributed by atoms with van der Waals surface area (Å²) in [5, 5.41) is 2.85. The third-order valence-corrected chi connectivity index (χ3v) is 4.82. The molecule has 2 aromatic rings. The number of aromatic nitrogens is 1. The van der Waals surface area contributed by atoms with Crippen molar-refractivity contribution < 1.29 is 9.59 Å². The molecule has 5 nitrogen and oxygen atoms in total. The molecule has 1 fully saturated rings. The summed E-state index contributed by atoms with van der Waals surface area (Å²) < 4.78 is 0. The van der Waals surface area contributed by atoms with Crippen LogP contribution >= 0.6 is 11.8 Å². The van der Waals surface area contributed by atoms with Crippen molar-refractivity contribution in [2.24, 2.45) is 0 Å². The summed E-state index contributed by atoms with van der Waals surface area (Å²) in [6.45, 7) is 1.63. The first-order valence-corrected chi connectivity index (χ1v) is 8.93. The zero-order valence-electron chi connectivity index (χ0n) is 13.3. The summed E-state index contributed by atoms with van der Waals surface area (Å²) in [5.74, 6) is 0.256. The maximum atomic E-state index is 12.4. The highest BCUT2D eigenvalue weighted by atomic mass is 32.2. The van der Waals surface area contributed by atoms with Crippen LogP contribution < -0.4 is 5.32 Å². The van der Waals surface area contributed by atoms with Gasteiger partial charge in [0, 0.05) is 41.6 Å². The van der Waals surface area contributed by atoms with E-state index < -0.39 is 0 Å². The molecule has 124 valence electrons. The lowest BCUT2D eigenvalue weighted by molar-refractivity contribution is -0.113. The number of rotatable bonds is 5. The van der Waals surface area contributed by atoms with Gasteiger partial charge in [-0.2, -0.15) is 0 Å². The van der Waals surface area contributed by atoms with Gasteiger partial charge in [0.25, 0.3) is 5.91 Å². The molecule has 1 saturated heterocycles. The van der Waals surface area contributed by atoms with Crippen LogP contribution in [0.25, 0.3) is 0 Å². The van der Waals surface area contributed by atoms with Crippen LogP contribution in [0.3, 0.4) is 0 Å². The molecule has 2 amide bonds. The Hall–Kier alpha value is -2.34. The van der Waals surface area contributed by atoms with Gasteiger partial charge in [-0.3, -0.25) is 14.6 Å². The second kappa shape index (κ2) is 7.97. The second-order valence-corrected chi connectivity index (χ2v) is 6.65. The van der Waals surface area contributed by atoms with Crippen LogP contribution in [0.2, 0.25) is 0 Å². The van der Waals surface area contributed by atoms with Crippen LogP contribution in [-0.2, 0) is 4.79 Å². The molecular formula is C18H19N3O2S. The predicted molar refractivity (Wildman–Crippen MR) is 95.2 cm³/mol. The van der Waals surface area contributed by atoms with Crippen molar-refractivity contribution in [3.05, 3.63) is 54.4 Å². The fourth-order valence-electron chi connectivity index (χ4n) is 2.61. The van der Waals surface area contributed by atoms with E-state index in [-0.39, 0.29) is 11.8 Å². The average molecular weight is 341 g/mol. The van der Waals surface area contributed by atoms with Gasteiger partial charge in [0.2, 0.25) is 5.91 Å². The number of hydrogen-bond acceptors (Lipinski definition) is 4. The standard InChI is InChI=1S/C18H19N3O2S/c22-17(13-24-16-6-8-19-9-7-16)20-15-5-3-4-14(12-15)18(23)21-10-1-2-11-21/h3-9,12H,1-2,10-11,13H2,(H,20,22). The third kappa shape index (κ3) is 4.35. The smallest absolute Gasteiger partial charge is 0.253 e. The number of nitrogens with one attached hydrogen (secondary N) is 1. The van der Waals surface area contributed by atoms with Crippen molar-refractivity contribution in [1.82, 2.24) is 9.88 Å². The predicted octanol–water partition coefficient (Wildman–Crippen LogP) is 3.05. The van der Waals surface area contributed by atoms with Gasteiger partial charge in [0.15, 0.2) is 0 Å². The molecule has 1 aliphatic rings. The molecule has 0 aliphatic carbocycles. The zero-order chi connectivity index (χ0) is 16.8. The largest absolute Gasteiger partial charge is 0.339 e.